The first-order valence-corrected chi connectivity index (χ1v) is 13.7. The normalized spacial score (nSPS) is 37.8. The SMILES string of the molecule is CC1OC(OP(=O)([O-])OP(=O)(O)OCC2OC(n3ccc(=O)[nH]c3=O)C(O)C2O)C(O)C(N(C)C)C1O. The van der Waals surface area contributed by atoms with Gasteiger partial charge in [0.25, 0.3) is 13.4 Å². The van der Waals surface area contributed by atoms with Crippen molar-refractivity contribution in [1.29, 1.82) is 0 Å². The van der Waals surface area contributed by atoms with Gasteiger partial charge in [0.1, 0.15) is 24.4 Å². The van der Waals surface area contributed by atoms with E-state index in [0.29, 0.717) is 0 Å². The summed E-state index contributed by atoms with van der Waals surface area (Å²) in [5, 5.41) is 40.9. The van der Waals surface area contributed by atoms with Gasteiger partial charge in [-0.25, -0.2) is 13.7 Å². The molecule has 37 heavy (non-hydrogen) atoms. The lowest BCUT2D eigenvalue weighted by atomic mass is 9.96. The monoisotopic (exact) mass is 576 g/mol. The van der Waals surface area contributed by atoms with Gasteiger partial charge in [-0.2, -0.15) is 0 Å². The summed E-state index contributed by atoms with van der Waals surface area (Å²) in [6.45, 7) is 0.394. The van der Waals surface area contributed by atoms with Crippen LogP contribution in [0.3, 0.4) is 0 Å². The van der Waals surface area contributed by atoms with E-state index in [9.17, 15) is 48.9 Å². The van der Waals surface area contributed by atoms with Gasteiger partial charge in [0.2, 0.25) is 0 Å². The van der Waals surface area contributed by atoms with Crippen LogP contribution in [0.25, 0.3) is 0 Å². The predicted octanol–water partition coefficient (Wildman–Crippen LogP) is -3.83. The highest BCUT2D eigenvalue weighted by molar-refractivity contribution is 7.60. The van der Waals surface area contributed by atoms with E-state index in [2.05, 4.69) is 13.4 Å². The number of H-pyrrole nitrogens is 1. The first kappa shape index (κ1) is 30.2. The van der Waals surface area contributed by atoms with Gasteiger partial charge in [-0.3, -0.25) is 28.0 Å². The van der Waals surface area contributed by atoms with Crippen LogP contribution in [-0.4, -0.2) is 109 Å². The second-order valence-corrected chi connectivity index (χ2v) is 11.6. The fraction of sp³-hybridized carbons (Fsp3) is 0.765. The van der Waals surface area contributed by atoms with Gasteiger partial charge >= 0.3 is 13.5 Å². The molecule has 0 aromatic carbocycles. The van der Waals surface area contributed by atoms with Crippen LogP contribution < -0.4 is 16.1 Å². The summed E-state index contributed by atoms with van der Waals surface area (Å²) in [5.74, 6) is 0. The zero-order chi connectivity index (χ0) is 27.9. The number of likely N-dealkylation sites (N-methyl/N-ethyl adjacent to an activating group) is 1. The van der Waals surface area contributed by atoms with Crippen molar-refractivity contribution in [1.82, 2.24) is 14.5 Å². The van der Waals surface area contributed by atoms with E-state index >= 15 is 0 Å². The molecule has 11 unspecified atom stereocenters. The van der Waals surface area contributed by atoms with Gasteiger partial charge in [-0.05, 0) is 21.0 Å². The molecule has 1 aromatic heterocycles. The molecule has 0 amide bonds. The molecule has 18 nitrogen and oxygen atoms in total. The molecule has 0 bridgehead atoms. The maximum Gasteiger partial charge on any atom is 0.478 e. The third-order valence-corrected chi connectivity index (χ3v) is 8.27. The number of nitrogens with one attached hydrogen (secondary N) is 1. The van der Waals surface area contributed by atoms with Crippen LogP contribution in [-0.2, 0) is 32.0 Å². The maximum atomic E-state index is 12.3. The molecule has 3 rings (SSSR count). The van der Waals surface area contributed by atoms with Gasteiger partial charge in [-0.15, -0.1) is 0 Å². The highest BCUT2D eigenvalue weighted by Gasteiger charge is 2.48. The molecule has 212 valence electrons. The Kier molecular flexibility index (Phi) is 9.32. The number of aromatic amines is 1. The highest BCUT2D eigenvalue weighted by atomic mass is 31.3. The van der Waals surface area contributed by atoms with E-state index in [1.165, 1.54) is 25.9 Å². The standard InChI is InChI=1S/C17H29N3O15P2/c1-7-11(22)10(19(2)3)13(24)16(32-7)34-37(29,30)35-36(27,28)31-6-8-12(23)14(25)15(33-8)20-5-4-9(21)18-17(20)26/h4-5,7-8,10-16,22-25H,6H2,1-3H3,(H,27,28)(H,29,30)(H,18,21,26)/p-1. The van der Waals surface area contributed by atoms with Crippen LogP contribution in [0.5, 0.6) is 0 Å². The Hall–Kier alpha value is -1.34. The number of ether oxygens (including phenoxy) is 2. The van der Waals surface area contributed by atoms with Crippen molar-refractivity contribution in [2.45, 2.75) is 62.1 Å². The number of aliphatic hydroxyl groups is 4. The fourth-order valence-corrected chi connectivity index (χ4v) is 6.02. The number of rotatable bonds is 9. The van der Waals surface area contributed by atoms with Gasteiger partial charge < -0.3 is 44.6 Å². The van der Waals surface area contributed by atoms with Crippen LogP contribution in [0.15, 0.2) is 21.9 Å². The second kappa shape index (κ2) is 11.4. The molecule has 2 aliphatic heterocycles. The Morgan fingerprint density at radius 2 is 1.76 bits per heavy atom. The number of hydrogen-bond donors (Lipinski definition) is 6. The molecule has 20 heteroatoms. The third kappa shape index (κ3) is 7.00. The van der Waals surface area contributed by atoms with Gasteiger partial charge in [0, 0.05) is 12.3 Å². The Balaban J connectivity index is 1.62. The van der Waals surface area contributed by atoms with Crippen molar-refractivity contribution in [3.05, 3.63) is 33.1 Å². The first-order chi connectivity index (χ1) is 17.0. The number of phosphoric ester groups is 2. The van der Waals surface area contributed by atoms with Crippen LogP contribution >= 0.6 is 15.6 Å². The smallest absolute Gasteiger partial charge is 0.478 e. The lowest BCUT2D eigenvalue weighted by molar-refractivity contribution is -0.287. The van der Waals surface area contributed by atoms with Crippen LogP contribution in [0.4, 0.5) is 0 Å². The molecule has 2 aliphatic rings. The molecule has 6 N–H and O–H groups in total. The topological polar surface area (TPSA) is 263 Å². The summed E-state index contributed by atoms with van der Waals surface area (Å²) in [6.07, 6.45) is -11.4. The third-order valence-electron chi connectivity index (χ3n) is 5.71. The van der Waals surface area contributed by atoms with Crippen LogP contribution in [0.1, 0.15) is 13.2 Å². The lowest BCUT2D eigenvalue weighted by Crippen LogP contribution is -2.62. The molecular weight excluding hydrogens is 548 g/mol. The summed E-state index contributed by atoms with van der Waals surface area (Å²) in [5.41, 5.74) is -1.71. The summed E-state index contributed by atoms with van der Waals surface area (Å²) in [6, 6.07) is -0.0639. The van der Waals surface area contributed by atoms with Gasteiger partial charge in [0.05, 0.1) is 24.9 Å². The quantitative estimate of drug-likeness (QED) is 0.154. The molecule has 0 saturated carbocycles. The first-order valence-electron chi connectivity index (χ1n) is 10.7. The highest BCUT2D eigenvalue weighted by Crippen LogP contribution is 2.59. The summed E-state index contributed by atoms with van der Waals surface area (Å²) in [7, 11) is -8.14. The Bertz CT molecular complexity index is 1160. The molecule has 0 radical (unpaired) electrons. The zero-order valence-electron chi connectivity index (χ0n) is 19.7. The number of hydrogen-bond acceptors (Lipinski definition) is 15. The molecule has 0 spiro atoms. The minimum atomic E-state index is -5.69. The number of aliphatic hydroxyl groups excluding tert-OH is 4. The van der Waals surface area contributed by atoms with Crippen molar-refractivity contribution in [2.24, 2.45) is 0 Å². The lowest BCUT2D eigenvalue weighted by Gasteiger charge is -2.45. The summed E-state index contributed by atoms with van der Waals surface area (Å²) in [4.78, 5) is 48.6. The summed E-state index contributed by atoms with van der Waals surface area (Å²) >= 11 is 0. The zero-order valence-corrected chi connectivity index (χ0v) is 21.5. The van der Waals surface area contributed by atoms with E-state index < -0.39 is 88.7 Å². The maximum absolute atomic E-state index is 12.3. The van der Waals surface area contributed by atoms with Crippen molar-refractivity contribution < 1.29 is 62.2 Å². The van der Waals surface area contributed by atoms with Crippen molar-refractivity contribution >= 4 is 15.6 Å². The van der Waals surface area contributed by atoms with E-state index in [1.54, 1.807) is 0 Å². The second-order valence-electron chi connectivity index (χ2n) is 8.61. The molecule has 1 aromatic rings. The van der Waals surface area contributed by atoms with Crippen molar-refractivity contribution in [3.8, 4) is 0 Å². The minimum Gasteiger partial charge on any atom is -0.756 e. The molecular formula is C17H28N3O15P2-. The average Bonchev–Trinajstić information content (AvgIpc) is 3.03. The molecule has 2 fully saturated rings. The van der Waals surface area contributed by atoms with Gasteiger partial charge in [-0.1, -0.05) is 0 Å². The fourth-order valence-electron chi connectivity index (χ4n) is 3.90. The number of aromatic nitrogens is 2. The van der Waals surface area contributed by atoms with E-state index in [1.807, 2.05) is 4.98 Å². The molecule has 3 heterocycles. The minimum absolute atomic E-state index is 0.731. The molecule has 0 aliphatic carbocycles. The Morgan fingerprint density at radius 3 is 2.35 bits per heavy atom. The van der Waals surface area contributed by atoms with E-state index in [-0.39, 0.29) is 0 Å². The number of nitrogens with zero attached hydrogens (tertiary/aromatic N) is 2. The van der Waals surface area contributed by atoms with Crippen LogP contribution in [0, 0.1) is 0 Å². The molecule has 2 saturated heterocycles. The predicted molar refractivity (Wildman–Crippen MR) is 117 cm³/mol. The van der Waals surface area contributed by atoms with Gasteiger partial charge in [0.15, 0.2) is 12.5 Å². The van der Waals surface area contributed by atoms with E-state index in [4.69, 9.17) is 9.47 Å². The average molecular weight is 576 g/mol. The largest absolute Gasteiger partial charge is 0.756 e. The van der Waals surface area contributed by atoms with Crippen LogP contribution in [0.2, 0.25) is 0 Å². The van der Waals surface area contributed by atoms with Crippen molar-refractivity contribution in [3.63, 3.8) is 0 Å². The van der Waals surface area contributed by atoms with Crippen molar-refractivity contribution in [2.75, 3.05) is 20.7 Å². The van der Waals surface area contributed by atoms with E-state index in [0.717, 1.165) is 16.8 Å². The number of phosphoric acid groups is 2. The Labute approximate surface area is 208 Å². The Morgan fingerprint density at radius 1 is 1.11 bits per heavy atom. The summed E-state index contributed by atoms with van der Waals surface area (Å²) < 4.78 is 48.9. The molecule has 11 atom stereocenters.